The summed E-state index contributed by atoms with van der Waals surface area (Å²) in [6.45, 7) is 4.21. The molecule has 1 aromatic carbocycles. The molecule has 5 nitrogen and oxygen atoms in total. The van der Waals surface area contributed by atoms with E-state index < -0.39 is 0 Å². The first-order chi connectivity index (χ1) is 10.1. The second-order valence-electron chi connectivity index (χ2n) is 5.03. The van der Waals surface area contributed by atoms with Crippen molar-refractivity contribution in [2.75, 3.05) is 11.9 Å². The van der Waals surface area contributed by atoms with Crippen LogP contribution >= 0.6 is 0 Å². The van der Waals surface area contributed by atoms with Crippen molar-refractivity contribution in [3.05, 3.63) is 47.3 Å². The van der Waals surface area contributed by atoms with Crippen LogP contribution in [0.1, 0.15) is 23.4 Å². The summed E-state index contributed by atoms with van der Waals surface area (Å²) in [5, 5.41) is 16.2. The molecule has 112 valence electrons. The van der Waals surface area contributed by atoms with Gasteiger partial charge in [-0.25, -0.2) is 0 Å². The molecule has 2 N–H and O–H groups in total. The summed E-state index contributed by atoms with van der Waals surface area (Å²) in [6.07, 6.45) is 1.16. The smallest absolute Gasteiger partial charge is 0.224 e. The Morgan fingerprint density at radius 3 is 2.67 bits per heavy atom. The maximum atomic E-state index is 12.1. The maximum Gasteiger partial charge on any atom is 0.224 e. The van der Waals surface area contributed by atoms with Gasteiger partial charge < -0.3 is 10.4 Å². The molecule has 0 bridgehead atoms. The van der Waals surface area contributed by atoms with E-state index in [0.29, 0.717) is 13.0 Å². The van der Waals surface area contributed by atoms with E-state index in [1.165, 1.54) is 0 Å². The van der Waals surface area contributed by atoms with E-state index >= 15 is 0 Å². The van der Waals surface area contributed by atoms with Crippen LogP contribution < -0.4 is 5.32 Å². The van der Waals surface area contributed by atoms with E-state index in [2.05, 4.69) is 10.4 Å². The number of amides is 1. The molecule has 1 aromatic heterocycles. The van der Waals surface area contributed by atoms with Crippen LogP contribution in [0.3, 0.4) is 0 Å². The molecule has 1 amide bonds. The summed E-state index contributed by atoms with van der Waals surface area (Å²) in [5.41, 5.74) is 3.54. The summed E-state index contributed by atoms with van der Waals surface area (Å²) in [6, 6.07) is 9.94. The summed E-state index contributed by atoms with van der Waals surface area (Å²) < 4.78 is 1.71. The SMILES string of the molecule is Cc1nn(CCO)c(C)c1NC(=O)CCc1ccccc1. The van der Waals surface area contributed by atoms with Crippen molar-refractivity contribution in [3.8, 4) is 0 Å². The second kappa shape index (κ2) is 7.04. The third kappa shape index (κ3) is 3.92. The highest BCUT2D eigenvalue weighted by molar-refractivity contribution is 5.92. The number of aliphatic hydroxyl groups excluding tert-OH is 1. The van der Waals surface area contributed by atoms with E-state index in [4.69, 9.17) is 5.11 Å². The van der Waals surface area contributed by atoms with Gasteiger partial charge in [-0.15, -0.1) is 0 Å². The van der Waals surface area contributed by atoms with Gasteiger partial charge in [0.1, 0.15) is 0 Å². The number of aryl methyl sites for hydroxylation is 2. The standard InChI is InChI=1S/C16H21N3O2/c1-12-16(13(2)19(18-12)10-11-20)17-15(21)9-8-14-6-4-3-5-7-14/h3-7,20H,8-11H2,1-2H3,(H,17,21). The van der Waals surface area contributed by atoms with Crippen LogP contribution in [-0.4, -0.2) is 27.4 Å². The summed E-state index contributed by atoms with van der Waals surface area (Å²) in [5.74, 6) is -0.0198. The lowest BCUT2D eigenvalue weighted by Crippen LogP contribution is -2.14. The molecule has 2 aromatic rings. The lowest BCUT2D eigenvalue weighted by atomic mass is 10.1. The molecule has 0 aliphatic carbocycles. The zero-order valence-electron chi connectivity index (χ0n) is 12.5. The molecule has 0 radical (unpaired) electrons. The van der Waals surface area contributed by atoms with Crippen LogP contribution in [0, 0.1) is 13.8 Å². The summed E-state index contributed by atoms with van der Waals surface area (Å²) in [7, 11) is 0. The van der Waals surface area contributed by atoms with Gasteiger partial charge in [0.25, 0.3) is 0 Å². The van der Waals surface area contributed by atoms with Crippen molar-refractivity contribution in [1.82, 2.24) is 9.78 Å². The van der Waals surface area contributed by atoms with Gasteiger partial charge in [-0.3, -0.25) is 9.48 Å². The Morgan fingerprint density at radius 1 is 1.29 bits per heavy atom. The predicted octanol–water partition coefficient (Wildman–Crippen LogP) is 2.06. The number of nitrogens with one attached hydrogen (secondary N) is 1. The second-order valence-corrected chi connectivity index (χ2v) is 5.03. The topological polar surface area (TPSA) is 67.2 Å². The van der Waals surface area contributed by atoms with Crippen LogP contribution in [0.5, 0.6) is 0 Å². The number of carbonyl (C=O) groups excluding carboxylic acids is 1. The number of carbonyl (C=O) groups is 1. The van der Waals surface area contributed by atoms with Crippen LogP contribution in [0.2, 0.25) is 0 Å². The minimum Gasteiger partial charge on any atom is -0.394 e. The van der Waals surface area contributed by atoms with Gasteiger partial charge in [-0.2, -0.15) is 5.10 Å². The van der Waals surface area contributed by atoms with E-state index in [0.717, 1.165) is 29.1 Å². The molecule has 0 saturated heterocycles. The highest BCUT2D eigenvalue weighted by Gasteiger charge is 2.13. The predicted molar refractivity (Wildman–Crippen MR) is 82.2 cm³/mol. The van der Waals surface area contributed by atoms with Crippen LogP contribution in [-0.2, 0) is 17.8 Å². The Bertz CT molecular complexity index is 605. The minimum absolute atomic E-state index is 0.0198. The Morgan fingerprint density at radius 2 is 2.00 bits per heavy atom. The fraction of sp³-hybridized carbons (Fsp3) is 0.375. The summed E-state index contributed by atoms with van der Waals surface area (Å²) >= 11 is 0. The van der Waals surface area contributed by atoms with Gasteiger partial charge >= 0.3 is 0 Å². The molecule has 0 saturated carbocycles. The average Bonchev–Trinajstić information content (AvgIpc) is 2.74. The Labute approximate surface area is 124 Å². The lowest BCUT2D eigenvalue weighted by Gasteiger charge is -2.06. The molecule has 0 atom stereocenters. The van der Waals surface area contributed by atoms with E-state index in [9.17, 15) is 4.79 Å². The quantitative estimate of drug-likeness (QED) is 0.854. The molecule has 0 spiro atoms. The Kier molecular flexibility index (Phi) is 5.11. The maximum absolute atomic E-state index is 12.1. The van der Waals surface area contributed by atoms with Crippen molar-refractivity contribution in [2.24, 2.45) is 0 Å². The number of benzene rings is 1. The molecule has 0 aliphatic rings. The van der Waals surface area contributed by atoms with Crippen molar-refractivity contribution in [3.63, 3.8) is 0 Å². The third-order valence-corrected chi connectivity index (χ3v) is 3.44. The van der Waals surface area contributed by atoms with Gasteiger partial charge in [-0.1, -0.05) is 30.3 Å². The van der Waals surface area contributed by atoms with Gasteiger partial charge in [0.05, 0.1) is 30.2 Å². The number of hydrogen-bond donors (Lipinski definition) is 2. The molecule has 0 fully saturated rings. The zero-order valence-corrected chi connectivity index (χ0v) is 12.5. The van der Waals surface area contributed by atoms with Gasteiger partial charge in [0, 0.05) is 6.42 Å². The zero-order chi connectivity index (χ0) is 15.2. The lowest BCUT2D eigenvalue weighted by molar-refractivity contribution is -0.116. The summed E-state index contributed by atoms with van der Waals surface area (Å²) in [4.78, 5) is 12.1. The molecular weight excluding hydrogens is 266 g/mol. The molecular formula is C16H21N3O2. The fourth-order valence-electron chi connectivity index (χ4n) is 2.29. The molecule has 5 heteroatoms. The van der Waals surface area contributed by atoms with E-state index in [1.54, 1.807) is 4.68 Å². The molecule has 0 unspecified atom stereocenters. The van der Waals surface area contributed by atoms with Crippen LogP contribution in [0.25, 0.3) is 0 Å². The van der Waals surface area contributed by atoms with Crippen LogP contribution in [0.4, 0.5) is 5.69 Å². The van der Waals surface area contributed by atoms with Crippen molar-refractivity contribution in [1.29, 1.82) is 0 Å². The molecule has 2 rings (SSSR count). The first-order valence-corrected chi connectivity index (χ1v) is 7.10. The highest BCUT2D eigenvalue weighted by Crippen LogP contribution is 2.19. The first kappa shape index (κ1) is 15.3. The van der Waals surface area contributed by atoms with E-state index in [-0.39, 0.29) is 12.5 Å². The Hall–Kier alpha value is -2.14. The average molecular weight is 287 g/mol. The molecule has 1 heterocycles. The largest absolute Gasteiger partial charge is 0.394 e. The fourth-order valence-corrected chi connectivity index (χ4v) is 2.29. The number of hydrogen-bond acceptors (Lipinski definition) is 3. The normalized spacial score (nSPS) is 10.6. The third-order valence-electron chi connectivity index (χ3n) is 3.44. The monoisotopic (exact) mass is 287 g/mol. The van der Waals surface area contributed by atoms with Crippen molar-refractivity contribution >= 4 is 11.6 Å². The van der Waals surface area contributed by atoms with E-state index in [1.807, 2.05) is 44.2 Å². The molecule has 0 aliphatic heterocycles. The van der Waals surface area contributed by atoms with Gasteiger partial charge in [0.15, 0.2) is 0 Å². The van der Waals surface area contributed by atoms with Gasteiger partial charge in [0.2, 0.25) is 5.91 Å². The number of aliphatic hydroxyl groups is 1. The number of nitrogens with zero attached hydrogens (tertiary/aromatic N) is 2. The number of anilines is 1. The molecule has 21 heavy (non-hydrogen) atoms. The van der Waals surface area contributed by atoms with Crippen LogP contribution in [0.15, 0.2) is 30.3 Å². The highest BCUT2D eigenvalue weighted by atomic mass is 16.3. The van der Waals surface area contributed by atoms with Gasteiger partial charge in [-0.05, 0) is 25.8 Å². The van der Waals surface area contributed by atoms with Crippen molar-refractivity contribution in [2.45, 2.75) is 33.2 Å². The number of rotatable bonds is 6. The number of aromatic nitrogens is 2. The minimum atomic E-state index is -0.0198. The first-order valence-electron chi connectivity index (χ1n) is 7.10. The Balaban J connectivity index is 1.96. The van der Waals surface area contributed by atoms with Crippen molar-refractivity contribution < 1.29 is 9.90 Å².